The summed E-state index contributed by atoms with van der Waals surface area (Å²) in [5.74, 6) is 20.3. The van der Waals surface area contributed by atoms with E-state index in [0.717, 1.165) is 70.1 Å². The van der Waals surface area contributed by atoms with E-state index < -0.39 is 0 Å². The molecule has 0 saturated heterocycles. The van der Waals surface area contributed by atoms with E-state index in [1.807, 2.05) is 0 Å². The first-order valence-corrected chi connectivity index (χ1v) is 26.4. The third-order valence-electron chi connectivity index (χ3n) is 13.7. The summed E-state index contributed by atoms with van der Waals surface area (Å²) < 4.78 is 6.58. The predicted octanol–water partition coefficient (Wildman–Crippen LogP) is 14.3. The lowest BCUT2D eigenvalue weighted by molar-refractivity contribution is -0.688. The first kappa shape index (κ1) is 52.1. The quantitative estimate of drug-likeness (QED) is 0.104. The van der Waals surface area contributed by atoms with Crippen LogP contribution in [0.1, 0.15) is 129 Å². The lowest BCUT2D eigenvalue weighted by atomic mass is 9.87. The number of hydrogen-bond donors (Lipinski definition) is 0. The molecule has 0 fully saturated rings. The number of pyridine rings is 3. The summed E-state index contributed by atoms with van der Waals surface area (Å²) >= 11 is 0. The van der Waals surface area contributed by atoms with Gasteiger partial charge in [0, 0.05) is 104 Å². The van der Waals surface area contributed by atoms with Crippen molar-refractivity contribution < 1.29 is 13.7 Å². The second kappa shape index (κ2) is 22.8. The van der Waals surface area contributed by atoms with Crippen molar-refractivity contribution in [1.29, 1.82) is 0 Å². The summed E-state index contributed by atoms with van der Waals surface area (Å²) in [6.07, 6.45) is 12.6. The van der Waals surface area contributed by atoms with Crippen LogP contribution in [0.2, 0.25) is 0 Å². The lowest BCUT2D eigenvalue weighted by Gasteiger charge is -2.25. The molecule has 0 spiro atoms. The van der Waals surface area contributed by atoms with Gasteiger partial charge in [-0.1, -0.05) is 171 Å². The van der Waals surface area contributed by atoms with Crippen molar-refractivity contribution in [1.82, 2.24) is 0 Å². The molecular weight excluding hydrogens is 921 g/mol. The van der Waals surface area contributed by atoms with E-state index in [-0.39, 0.29) is 16.2 Å². The summed E-state index contributed by atoms with van der Waals surface area (Å²) in [4.78, 5) is 2.26. The Bertz CT molecular complexity index is 3180. The molecule has 0 radical (unpaired) electrons. The van der Waals surface area contributed by atoms with Crippen LogP contribution in [0.3, 0.4) is 0 Å². The molecule has 0 unspecified atom stereocenters. The fourth-order valence-electron chi connectivity index (χ4n) is 8.86. The van der Waals surface area contributed by atoms with E-state index in [2.05, 4.69) is 336 Å². The van der Waals surface area contributed by atoms with Crippen LogP contribution in [0, 0.1) is 35.5 Å². The molecule has 0 aliphatic carbocycles. The van der Waals surface area contributed by atoms with E-state index in [0.29, 0.717) is 0 Å². The minimum atomic E-state index is 0.142. The fraction of sp³-hybridized carbons (Fsp3) is 0.208. The highest BCUT2D eigenvalue weighted by atomic mass is 15.1. The van der Waals surface area contributed by atoms with E-state index in [4.69, 9.17) is 0 Å². The summed E-state index contributed by atoms with van der Waals surface area (Å²) in [6, 6.07) is 64.7. The molecule has 0 N–H and O–H groups in total. The van der Waals surface area contributed by atoms with Crippen molar-refractivity contribution in [2.75, 3.05) is 4.90 Å². The van der Waals surface area contributed by atoms with Crippen LogP contribution in [0.4, 0.5) is 17.1 Å². The topological polar surface area (TPSA) is 14.9 Å². The van der Waals surface area contributed by atoms with Gasteiger partial charge in [-0.05, 0) is 106 Å². The minimum absolute atomic E-state index is 0.142. The Morgan fingerprint density at radius 3 is 0.658 bits per heavy atom. The highest BCUT2D eigenvalue weighted by Gasteiger charge is 2.17. The highest BCUT2D eigenvalue weighted by molar-refractivity contribution is 5.77. The van der Waals surface area contributed by atoms with Crippen LogP contribution >= 0.6 is 0 Å². The Kier molecular flexibility index (Phi) is 15.6. The SMILES string of the molecule is CC(C)(C)c1ccc(C[n+]2ccc(C#Cc3ccc(N(c4ccc(C#Cc5cc[n+](Cc6ccc(C(C)(C)C)cc6)cc5)cc4)c4ccc(C#Cc5cc[n+](Cc6ccc(C(C)(C)C)cc6)cc5)cc4)cc3)cc2)cc1. The normalized spacial score (nSPS) is 11.3. The number of hydrogen-bond acceptors (Lipinski definition) is 1. The number of aromatic nitrogens is 3. The molecule has 0 bridgehead atoms. The van der Waals surface area contributed by atoms with E-state index in [1.54, 1.807) is 0 Å². The zero-order chi connectivity index (χ0) is 53.3. The van der Waals surface area contributed by atoms with E-state index in [1.165, 1.54) is 33.4 Å². The molecule has 0 amide bonds. The Morgan fingerprint density at radius 2 is 0.461 bits per heavy atom. The summed E-state index contributed by atoms with van der Waals surface area (Å²) in [6.45, 7) is 22.7. The lowest BCUT2D eigenvalue weighted by Crippen LogP contribution is -2.33. The van der Waals surface area contributed by atoms with Crippen LogP contribution < -0.4 is 18.6 Å². The van der Waals surface area contributed by atoms with Gasteiger partial charge in [0.15, 0.2) is 56.8 Å². The number of anilines is 3. The average Bonchev–Trinajstić information content (AvgIpc) is 3.41. The Labute approximate surface area is 453 Å². The molecule has 3 heterocycles. The third-order valence-corrected chi connectivity index (χ3v) is 13.7. The average molecular weight is 990 g/mol. The number of rotatable bonds is 9. The zero-order valence-corrected chi connectivity index (χ0v) is 45.7. The Hall–Kier alpha value is -8.75. The van der Waals surface area contributed by atoms with Crippen LogP contribution in [0.5, 0.6) is 0 Å². The summed E-state index contributed by atoms with van der Waals surface area (Å²) in [5.41, 5.74) is 17.1. The molecule has 0 aliphatic rings. The molecule has 0 atom stereocenters. The second-order valence-electron chi connectivity index (χ2n) is 22.8. The zero-order valence-electron chi connectivity index (χ0n) is 45.7. The molecule has 0 saturated carbocycles. The van der Waals surface area contributed by atoms with Crippen molar-refractivity contribution in [3.8, 4) is 35.5 Å². The molecule has 4 nitrogen and oxygen atoms in total. The van der Waals surface area contributed by atoms with Gasteiger partial charge in [0.2, 0.25) is 0 Å². The maximum atomic E-state index is 3.40. The standard InChI is InChI=1S/C72H69N4/c1-70(2,3)64-28-16-61(17-29-64)52-73-46-40-58(41-47-73)13-10-55-22-34-67(35-23-55)76(68-36-24-56(25-37-68)11-14-59-42-48-74(49-43-59)53-62-18-30-65(31-19-62)71(4,5)6)69-38-26-57(27-39-69)12-15-60-44-50-75(51-45-60)54-63-20-32-66(33-21-63)72(7,8)9/h16-51H,52-54H2,1-9H3/q+3. The molecule has 3 aromatic heterocycles. The van der Waals surface area contributed by atoms with Crippen LogP contribution in [0.15, 0.2) is 219 Å². The van der Waals surface area contributed by atoms with Gasteiger partial charge in [-0.25, -0.2) is 13.7 Å². The first-order valence-electron chi connectivity index (χ1n) is 26.4. The molecular formula is C72H69N4+3. The number of benzene rings is 6. The van der Waals surface area contributed by atoms with Gasteiger partial charge in [-0.3, -0.25) is 0 Å². The van der Waals surface area contributed by atoms with Crippen LogP contribution in [-0.2, 0) is 35.9 Å². The van der Waals surface area contributed by atoms with Gasteiger partial charge in [0.1, 0.15) is 0 Å². The van der Waals surface area contributed by atoms with E-state index >= 15 is 0 Å². The first-order chi connectivity index (χ1) is 36.5. The van der Waals surface area contributed by atoms with Gasteiger partial charge in [-0.2, -0.15) is 0 Å². The Morgan fingerprint density at radius 1 is 0.263 bits per heavy atom. The largest absolute Gasteiger partial charge is 0.311 e. The van der Waals surface area contributed by atoms with E-state index in [9.17, 15) is 0 Å². The summed E-state index contributed by atoms with van der Waals surface area (Å²) in [5, 5.41) is 0. The molecule has 76 heavy (non-hydrogen) atoms. The predicted molar refractivity (Wildman–Crippen MR) is 312 cm³/mol. The summed E-state index contributed by atoms with van der Waals surface area (Å²) in [7, 11) is 0. The Balaban J connectivity index is 0.902. The monoisotopic (exact) mass is 990 g/mol. The smallest absolute Gasteiger partial charge is 0.173 e. The molecule has 4 heteroatoms. The second-order valence-corrected chi connectivity index (χ2v) is 22.8. The number of nitrogens with zero attached hydrogens (tertiary/aromatic N) is 4. The van der Waals surface area contributed by atoms with Crippen LogP contribution in [0.25, 0.3) is 0 Å². The molecule has 6 aromatic carbocycles. The molecule has 0 aliphatic heterocycles. The molecule has 9 aromatic rings. The van der Waals surface area contributed by atoms with Gasteiger partial charge in [-0.15, -0.1) is 0 Å². The third kappa shape index (κ3) is 14.1. The van der Waals surface area contributed by atoms with Gasteiger partial charge in [0.25, 0.3) is 0 Å². The highest BCUT2D eigenvalue weighted by Crippen LogP contribution is 2.35. The van der Waals surface area contributed by atoms with Gasteiger partial charge >= 0.3 is 0 Å². The van der Waals surface area contributed by atoms with Crippen molar-refractivity contribution in [2.24, 2.45) is 0 Å². The molecule has 374 valence electrons. The van der Waals surface area contributed by atoms with Crippen molar-refractivity contribution in [3.63, 3.8) is 0 Å². The van der Waals surface area contributed by atoms with Crippen molar-refractivity contribution >= 4 is 17.1 Å². The fourth-order valence-corrected chi connectivity index (χ4v) is 8.86. The maximum absolute atomic E-state index is 3.40. The maximum Gasteiger partial charge on any atom is 0.173 e. The van der Waals surface area contributed by atoms with Crippen molar-refractivity contribution in [2.45, 2.75) is 98.2 Å². The van der Waals surface area contributed by atoms with Gasteiger partial charge < -0.3 is 4.90 Å². The van der Waals surface area contributed by atoms with Gasteiger partial charge in [0.05, 0.1) is 0 Å². The van der Waals surface area contributed by atoms with Crippen LogP contribution in [-0.4, -0.2) is 0 Å². The molecule has 9 rings (SSSR count). The minimum Gasteiger partial charge on any atom is -0.311 e. The van der Waals surface area contributed by atoms with Crippen molar-refractivity contribution in [3.05, 3.63) is 286 Å².